The highest BCUT2D eigenvalue weighted by Gasteiger charge is 2.20. The van der Waals surface area contributed by atoms with E-state index in [1.165, 1.54) is 0 Å². The van der Waals surface area contributed by atoms with E-state index in [-0.39, 0.29) is 5.92 Å². The fourth-order valence-electron chi connectivity index (χ4n) is 1.42. The molecule has 0 saturated carbocycles. The van der Waals surface area contributed by atoms with E-state index in [0.717, 1.165) is 22.0 Å². The Kier molecular flexibility index (Phi) is 3.65. The third kappa shape index (κ3) is 2.13. The van der Waals surface area contributed by atoms with Crippen LogP contribution in [0.4, 0.5) is 0 Å². The number of aromatic nitrogens is 1. The van der Waals surface area contributed by atoms with E-state index >= 15 is 0 Å². The Balaban J connectivity index is 3.05. The van der Waals surface area contributed by atoms with Crippen molar-refractivity contribution in [3.05, 3.63) is 15.6 Å². The van der Waals surface area contributed by atoms with Gasteiger partial charge in [-0.05, 0) is 19.3 Å². The smallest absolute Gasteiger partial charge is 0.0928 e. The average molecular weight is 208 g/mol. The summed E-state index contributed by atoms with van der Waals surface area (Å²) in [5.41, 5.74) is 1.03. The van der Waals surface area contributed by atoms with Crippen LogP contribution in [-0.4, -0.2) is 4.98 Å². The number of rotatable bonds is 3. The lowest BCUT2D eigenvalue weighted by Gasteiger charge is -2.10. The maximum absolute atomic E-state index is 9.09. The molecular formula is C11H16N2S. The lowest BCUT2D eigenvalue weighted by atomic mass is 9.95. The Morgan fingerprint density at radius 1 is 1.50 bits per heavy atom. The minimum Gasteiger partial charge on any atom is -0.246 e. The number of hydrogen-bond donors (Lipinski definition) is 0. The second-order valence-electron chi connectivity index (χ2n) is 3.76. The number of aryl methyl sites for hydroxylation is 2. The SMILES string of the molecule is CCc1nc(C)c(C(C#N)C(C)C)s1. The molecule has 76 valence electrons. The molecule has 0 N–H and O–H groups in total. The van der Waals surface area contributed by atoms with E-state index < -0.39 is 0 Å². The first-order chi connectivity index (χ1) is 6.60. The van der Waals surface area contributed by atoms with Crippen molar-refractivity contribution < 1.29 is 0 Å². The van der Waals surface area contributed by atoms with Gasteiger partial charge in [0.05, 0.1) is 22.7 Å². The fourth-order valence-corrected chi connectivity index (χ4v) is 2.64. The van der Waals surface area contributed by atoms with Crippen LogP contribution in [0.15, 0.2) is 0 Å². The molecule has 0 aliphatic carbocycles. The quantitative estimate of drug-likeness (QED) is 0.764. The van der Waals surface area contributed by atoms with Crippen LogP contribution < -0.4 is 0 Å². The molecule has 1 heterocycles. The van der Waals surface area contributed by atoms with Gasteiger partial charge in [-0.1, -0.05) is 20.8 Å². The first-order valence-corrected chi connectivity index (χ1v) is 5.77. The number of hydrogen-bond acceptors (Lipinski definition) is 3. The Bertz CT molecular complexity index is 347. The van der Waals surface area contributed by atoms with Gasteiger partial charge >= 0.3 is 0 Å². The molecule has 0 aliphatic heterocycles. The first-order valence-electron chi connectivity index (χ1n) is 4.96. The van der Waals surface area contributed by atoms with Crippen LogP contribution >= 0.6 is 11.3 Å². The number of nitriles is 1. The molecule has 1 rings (SSSR count). The monoisotopic (exact) mass is 208 g/mol. The summed E-state index contributed by atoms with van der Waals surface area (Å²) in [6, 6.07) is 2.37. The highest BCUT2D eigenvalue weighted by Crippen LogP contribution is 2.31. The molecule has 0 saturated heterocycles. The van der Waals surface area contributed by atoms with E-state index in [1.807, 2.05) is 6.92 Å². The zero-order chi connectivity index (χ0) is 10.7. The van der Waals surface area contributed by atoms with Crippen LogP contribution in [0.1, 0.15) is 42.3 Å². The largest absolute Gasteiger partial charge is 0.246 e. The molecular weight excluding hydrogens is 192 g/mol. The molecule has 0 bridgehead atoms. The van der Waals surface area contributed by atoms with Gasteiger partial charge in [-0.25, -0.2) is 4.98 Å². The van der Waals surface area contributed by atoms with Crippen molar-refractivity contribution in [1.29, 1.82) is 5.26 Å². The van der Waals surface area contributed by atoms with Crippen molar-refractivity contribution in [3.8, 4) is 6.07 Å². The average Bonchev–Trinajstić information content (AvgIpc) is 2.48. The summed E-state index contributed by atoms with van der Waals surface area (Å²) in [4.78, 5) is 5.60. The van der Waals surface area contributed by atoms with E-state index in [1.54, 1.807) is 11.3 Å². The van der Waals surface area contributed by atoms with Crippen molar-refractivity contribution in [1.82, 2.24) is 4.98 Å². The molecule has 0 radical (unpaired) electrons. The standard InChI is InChI=1S/C11H16N2S/c1-5-10-13-8(4)11(14-10)9(6-12)7(2)3/h7,9H,5H2,1-4H3. The van der Waals surface area contributed by atoms with Gasteiger partial charge in [0, 0.05) is 4.88 Å². The molecule has 14 heavy (non-hydrogen) atoms. The van der Waals surface area contributed by atoms with Gasteiger partial charge in [0.1, 0.15) is 0 Å². The number of thiazole rings is 1. The third-order valence-corrected chi connectivity index (χ3v) is 3.65. The van der Waals surface area contributed by atoms with Crippen molar-refractivity contribution >= 4 is 11.3 Å². The molecule has 0 aromatic carbocycles. The summed E-state index contributed by atoms with van der Waals surface area (Å²) >= 11 is 1.69. The van der Waals surface area contributed by atoms with Gasteiger partial charge in [0.2, 0.25) is 0 Å². The van der Waals surface area contributed by atoms with Gasteiger partial charge in [-0.3, -0.25) is 0 Å². The molecule has 0 fully saturated rings. The van der Waals surface area contributed by atoms with Gasteiger partial charge in [0.25, 0.3) is 0 Å². The lowest BCUT2D eigenvalue weighted by molar-refractivity contribution is 0.591. The second-order valence-corrected chi connectivity index (χ2v) is 4.88. The fraction of sp³-hybridized carbons (Fsp3) is 0.636. The lowest BCUT2D eigenvalue weighted by Crippen LogP contribution is -2.03. The summed E-state index contributed by atoms with van der Waals surface area (Å²) in [5, 5.41) is 10.2. The van der Waals surface area contributed by atoms with E-state index in [9.17, 15) is 0 Å². The predicted octanol–water partition coefficient (Wildman–Crippen LogP) is 3.28. The summed E-state index contributed by atoms with van der Waals surface area (Å²) < 4.78 is 0. The summed E-state index contributed by atoms with van der Waals surface area (Å²) in [7, 11) is 0. The van der Waals surface area contributed by atoms with E-state index in [2.05, 4.69) is 31.8 Å². The Labute approximate surface area is 89.6 Å². The van der Waals surface area contributed by atoms with Crippen LogP contribution in [0, 0.1) is 24.2 Å². The van der Waals surface area contributed by atoms with E-state index in [4.69, 9.17) is 5.26 Å². The molecule has 1 atom stereocenters. The third-order valence-electron chi connectivity index (χ3n) is 2.27. The van der Waals surface area contributed by atoms with Crippen LogP contribution in [-0.2, 0) is 6.42 Å². The van der Waals surface area contributed by atoms with Crippen molar-refractivity contribution in [2.45, 2.75) is 40.0 Å². The Morgan fingerprint density at radius 3 is 2.50 bits per heavy atom. The second kappa shape index (κ2) is 4.56. The molecule has 0 spiro atoms. The van der Waals surface area contributed by atoms with Gasteiger partial charge < -0.3 is 0 Å². The Morgan fingerprint density at radius 2 is 2.14 bits per heavy atom. The summed E-state index contributed by atoms with van der Waals surface area (Å²) in [6.07, 6.45) is 0.960. The molecule has 2 nitrogen and oxygen atoms in total. The topological polar surface area (TPSA) is 36.7 Å². The highest BCUT2D eigenvalue weighted by atomic mass is 32.1. The first kappa shape index (κ1) is 11.2. The van der Waals surface area contributed by atoms with Gasteiger partial charge in [-0.15, -0.1) is 11.3 Å². The molecule has 1 aromatic rings. The van der Waals surface area contributed by atoms with Crippen LogP contribution in [0.2, 0.25) is 0 Å². The molecule has 0 aliphatic rings. The maximum atomic E-state index is 9.09. The van der Waals surface area contributed by atoms with Crippen molar-refractivity contribution in [2.24, 2.45) is 5.92 Å². The van der Waals surface area contributed by atoms with Crippen molar-refractivity contribution in [2.75, 3.05) is 0 Å². The minimum absolute atomic E-state index is 0.00722. The highest BCUT2D eigenvalue weighted by molar-refractivity contribution is 7.11. The van der Waals surface area contributed by atoms with E-state index in [0.29, 0.717) is 5.92 Å². The molecule has 3 heteroatoms. The molecule has 1 unspecified atom stereocenters. The number of nitrogens with zero attached hydrogens (tertiary/aromatic N) is 2. The summed E-state index contributed by atoms with van der Waals surface area (Å²) in [5.74, 6) is 0.372. The molecule has 1 aromatic heterocycles. The normalized spacial score (nSPS) is 12.9. The van der Waals surface area contributed by atoms with Crippen LogP contribution in [0.3, 0.4) is 0 Å². The predicted molar refractivity (Wildman–Crippen MR) is 59.4 cm³/mol. The Hall–Kier alpha value is -0.880. The summed E-state index contributed by atoms with van der Waals surface area (Å²) in [6.45, 7) is 8.26. The van der Waals surface area contributed by atoms with Gasteiger partial charge in [-0.2, -0.15) is 5.26 Å². The van der Waals surface area contributed by atoms with Crippen LogP contribution in [0.25, 0.3) is 0 Å². The zero-order valence-electron chi connectivity index (χ0n) is 9.16. The van der Waals surface area contributed by atoms with Crippen molar-refractivity contribution in [3.63, 3.8) is 0 Å². The van der Waals surface area contributed by atoms with Gasteiger partial charge in [0.15, 0.2) is 0 Å². The zero-order valence-corrected chi connectivity index (χ0v) is 9.98. The van der Waals surface area contributed by atoms with Crippen LogP contribution in [0.5, 0.6) is 0 Å². The molecule has 0 amide bonds. The maximum Gasteiger partial charge on any atom is 0.0928 e. The minimum atomic E-state index is 0.00722.